The molecule has 0 radical (unpaired) electrons. The normalized spacial score (nSPS) is 39.7. The van der Waals surface area contributed by atoms with Gasteiger partial charge in [-0.25, -0.2) is 9.78 Å². The molecule has 4 heteroatoms. The van der Waals surface area contributed by atoms with Crippen LogP contribution in [0.2, 0.25) is 0 Å². The van der Waals surface area contributed by atoms with Crippen molar-refractivity contribution in [2.75, 3.05) is 0 Å². The Kier molecular flexibility index (Phi) is 2.32. The van der Waals surface area contributed by atoms with E-state index in [4.69, 9.17) is 5.11 Å². The summed E-state index contributed by atoms with van der Waals surface area (Å²) in [6.07, 6.45) is 6.80. The first kappa shape index (κ1) is 11.5. The molecule has 0 atom stereocenters. The third-order valence-corrected chi connectivity index (χ3v) is 5.67. The second kappa shape index (κ2) is 3.84. The number of carboxylic acids is 1. The third kappa shape index (κ3) is 1.65. The lowest BCUT2D eigenvalue weighted by atomic mass is 9.51. The SMILES string of the molecule is Cc1[nH]c(C(=O)O)nc1C1C2CC3CC(C2)CC1C3. The number of aromatic carboxylic acids is 1. The second-order valence-corrected chi connectivity index (χ2v) is 6.86. The first-order valence-corrected chi connectivity index (χ1v) is 7.41. The summed E-state index contributed by atoms with van der Waals surface area (Å²) in [5.41, 5.74) is 2.01. The zero-order valence-corrected chi connectivity index (χ0v) is 11.2. The molecule has 2 N–H and O–H groups in total. The molecule has 0 aliphatic heterocycles. The minimum absolute atomic E-state index is 0.112. The fraction of sp³-hybridized carbons (Fsp3) is 0.733. The molecule has 0 spiro atoms. The van der Waals surface area contributed by atoms with Crippen LogP contribution in [0, 0.1) is 30.6 Å². The van der Waals surface area contributed by atoms with Gasteiger partial charge in [-0.1, -0.05) is 0 Å². The Labute approximate surface area is 112 Å². The number of H-pyrrole nitrogens is 1. The molecule has 0 amide bonds. The Morgan fingerprint density at radius 3 is 2.21 bits per heavy atom. The molecule has 4 aliphatic rings. The first-order valence-electron chi connectivity index (χ1n) is 7.41. The fourth-order valence-corrected chi connectivity index (χ4v) is 5.27. The van der Waals surface area contributed by atoms with Crippen molar-refractivity contribution in [2.45, 2.75) is 44.9 Å². The average Bonchev–Trinajstić information content (AvgIpc) is 2.70. The van der Waals surface area contributed by atoms with Crippen molar-refractivity contribution in [3.63, 3.8) is 0 Å². The highest BCUT2D eigenvalue weighted by atomic mass is 16.4. The minimum Gasteiger partial charge on any atom is -0.475 e. The number of nitrogens with zero attached hydrogens (tertiary/aromatic N) is 1. The number of carboxylic acid groups (broad SMARTS) is 1. The zero-order chi connectivity index (χ0) is 13.1. The van der Waals surface area contributed by atoms with Gasteiger partial charge < -0.3 is 10.1 Å². The summed E-state index contributed by atoms with van der Waals surface area (Å²) >= 11 is 0. The highest BCUT2D eigenvalue weighted by Gasteiger charge is 2.49. The Balaban J connectivity index is 1.71. The fourth-order valence-electron chi connectivity index (χ4n) is 5.27. The maximum Gasteiger partial charge on any atom is 0.371 e. The molecule has 4 fully saturated rings. The number of imidazole rings is 1. The van der Waals surface area contributed by atoms with E-state index >= 15 is 0 Å². The van der Waals surface area contributed by atoms with Crippen LogP contribution in [-0.2, 0) is 0 Å². The predicted octanol–water partition coefficient (Wildman–Crippen LogP) is 2.96. The number of aromatic nitrogens is 2. The molecule has 4 aliphatic carbocycles. The molecule has 4 nitrogen and oxygen atoms in total. The Bertz CT molecular complexity index is 506. The summed E-state index contributed by atoms with van der Waals surface area (Å²) in [4.78, 5) is 18.4. The summed E-state index contributed by atoms with van der Waals surface area (Å²) in [5, 5.41) is 9.08. The number of rotatable bonds is 2. The van der Waals surface area contributed by atoms with Gasteiger partial charge in [0.15, 0.2) is 0 Å². The van der Waals surface area contributed by atoms with Crippen LogP contribution in [0.4, 0.5) is 0 Å². The summed E-state index contributed by atoms with van der Waals surface area (Å²) in [6.45, 7) is 1.97. The number of aromatic amines is 1. The van der Waals surface area contributed by atoms with E-state index < -0.39 is 5.97 Å². The molecular weight excluding hydrogens is 240 g/mol. The van der Waals surface area contributed by atoms with Crippen LogP contribution in [0.5, 0.6) is 0 Å². The lowest BCUT2D eigenvalue weighted by Gasteiger charge is -2.54. The van der Waals surface area contributed by atoms with E-state index in [1.54, 1.807) is 0 Å². The van der Waals surface area contributed by atoms with Crippen LogP contribution in [0.15, 0.2) is 0 Å². The van der Waals surface area contributed by atoms with Gasteiger partial charge in [0.05, 0.1) is 5.69 Å². The number of hydrogen-bond acceptors (Lipinski definition) is 2. The van der Waals surface area contributed by atoms with Gasteiger partial charge in [-0.2, -0.15) is 0 Å². The Hall–Kier alpha value is -1.32. The van der Waals surface area contributed by atoms with Gasteiger partial charge in [0, 0.05) is 11.6 Å². The van der Waals surface area contributed by atoms with Crippen LogP contribution in [0.1, 0.15) is 60.0 Å². The molecule has 1 aromatic heterocycles. The van der Waals surface area contributed by atoms with E-state index in [0.717, 1.165) is 35.1 Å². The quantitative estimate of drug-likeness (QED) is 0.859. The van der Waals surface area contributed by atoms with E-state index in [0.29, 0.717) is 5.92 Å². The van der Waals surface area contributed by atoms with Crippen LogP contribution in [-0.4, -0.2) is 21.0 Å². The van der Waals surface area contributed by atoms with Gasteiger partial charge in [0.1, 0.15) is 0 Å². The topological polar surface area (TPSA) is 66.0 Å². The predicted molar refractivity (Wildman–Crippen MR) is 70.1 cm³/mol. The van der Waals surface area contributed by atoms with Gasteiger partial charge >= 0.3 is 5.97 Å². The van der Waals surface area contributed by atoms with Crippen molar-refractivity contribution in [3.8, 4) is 0 Å². The van der Waals surface area contributed by atoms with Gasteiger partial charge in [-0.15, -0.1) is 0 Å². The molecule has 4 bridgehead atoms. The molecule has 1 heterocycles. The summed E-state index contributed by atoms with van der Waals surface area (Å²) in [5.74, 6) is 3.06. The standard InChI is InChI=1S/C15H20N2O2/c1-7-13(17-14(16-7)15(18)19)12-10-3-8-2-9(5-10)6-11(12)4-8/h8-12H,2-6H2,1H3,(H,16,17)(H,18,19). The van der Waals surface area contributed by atoms with E-state index in [2.05, 4.69) is 9.97 Å². The highest BCUT2D eigenvalue weighted by Crippen LogP contribution is 2.59. The monoisotopic (exact) mass is 260 g/mol. The summed E-state index contributed by atoms with van der Waals surface area (Å²) in [6, 6.07) is 0. The molecule has 1 aromatic rings. The van der Waals surface area contributed by atoms with E-state index in [-0.39, 0.29) is 5.82 Å². The van der Waals surface area contributed by atoms with Crippen LogP contribution >= 0.6 is 0 Å². The van der Waals surface area contributed by atoms with Gasteiger partial charge in [-0.05, 0) is 62.7 Å². The van der Waals surface area contributed by atoms with E-state index in [1.165, 1.54) is 32.1 Å². The first-order chi connectivity index (χ1) is 9.11. The smallest absolute Gasteiger partial charge is 0.371 e. The summed E-state index contributed by atoms with van der Waals surface area (Å²) in [7, 11) is 0. The maximum absolute atomic E-state index is 11.1. The van der Waals surface area contributed by atoms with Gasteiger partial charge in [0.2, 0.25) is 5.82 Å². The van der Waals surface area contributed by atoms with Gasteiger partial charge in [0.25, 0.3) is 0 Å². The maximum atomic E-state index is 11.1. The average molecular weight is 260 g/mol. The number of nitrogens with one attached hydrogen (secondary N) is 1. The van der Waals surface area contributed by atoms with Crippen LogP contribution < -0.4 is 0 Å². The Morgan fingerprint density at radius 2 is 1.74 bits per heavy atom. The van der Waals surface area contributed by atoms with Crippen molar-refractivity contribution in [2.24, 2.45) is 23.7 Å². The number of carbonyl (C=O) groups is 1. The number of aryl methyl sites for hydroxylation is 1. The van der Waals surface area contributed by atoms with Gasteiger partial charge in [-0.3, -0.25) is 0 Å². The second-order valence-electron chi connectivity index (χ2n) is 6.86. The zero-order valence-electron chi connectivity index (χ0n) is 11.2. The van der Waals surface area contributed by atoms with Crippen molar-refractivity contribution >= 4 is 5.97 Å². The molecule has 0 saturated heterocycles. The molecular formula is C15H20N2O2. The molecule has 4 saturated carbocycles. The lowest BCUT2D eigenvalue weighted by Crippen LogP contribution is -2.44. The highest BCUT2D eigenvalue weighted by molar-refractivity contribution is 5.83. The third-order valence-electron chi connectivity index (χ3n) is 5.67. The van der Waals surface area contributed by atoms with Crippen molar-refractivity contribution in [1.29, 1.82) is 0 Å². The molecule has 0 aromatic carbocycles. The minimum atomic E-state index is -0.946. The molecule has 19 heavy (non-hydrogen) atoms. The van der Waals surface area contributed by atoms with Crippen molar-refractivity contribution in [3.05, 3.63) is 17.2 Å². The summed E-state index contributed by atoms with van der Waals surface area (Å²) < 4.78 is 0. The largest absolute Gasteiger partial charge is 0.475 e. The Morgan fingerprint density at radius 1 is 1.16 bits per heavy atom. The van der Waals surface area contributed by atoms with E-state index in [1.807, 2.05) is 6.92 Å². The molecule has 102 valence electrons. The van der Waals surface area contributed by atoms with Crippen LogP contribution in [0.25, 0.3) is 0 Å². The molecule has 5 rings (SSSR count). The van der Waals surface area contributed by atoms with Crippen molar-refractivity contribution < 1.29 is 9.90 Å². The number of hydrogen-bond donors (Lipinski definition) is 2. The van der Waals surface area contributed by atoms with Crippen LogP contribution in [0.3, 0.4) is 0 Å². The molecule has 0 unspecified atom stereocenters. The van der Waals surface area contributed by atoms with Crippen molar-refractivity contribution in [1.82, 2.24) is 9.97 Å². The van der Waals surface area contributed by atoms with E-state index in [9.17, 15) is 4.79 Å². The lowest BCUT2D eigenvalue weighted by molar-refractivity contribution is -0.00429.